The van der Waals surface area contributed by atoms with E-state index in [0.717, 1.165) is 11.9 Å². The van der Waals surface area contributed by atoms with Gasteiger partial charge in [-0.2, -0.15) is 0 Å². The van der Waals surface area contributed by atoms with Gasteiger partial charge in [0.15, 0.2) is 0 Å². The summed E-state index contributed by atoms with van der Waals surface area (Å²) in [6.45, 7) is 0.809. The minimum absolute atomic E-state index is 0.809. The molecule has 0 bridgehead atoms. The Kier molecular flexibility index (Phi) is 1.88. The van der Waals surface area contributed by atoms with Gasteiger partial charge in [-0.25, -0.2) is 0 Å². The van der Waals surface area contributed by atoms with Crippen LogP contribution in [-0.2, 0) is 0 Å². The maximum absolute atomic E-state index is 4.52. The number of rotatable bonds is 1. The first-order valence-corrected chi connectivity index (χ1v) is 5.13. The summed E-state index contributed by atoms with van der Waals surface area (Å²) in [6.07, 6.45) is 0. The molecule has 2 aromatic carbocycles. The Hall–Kier alpha value is -1.89. The van der Waals surface area contributed by atoms with Crippen LogP contribution in [0.25, 0.3) is 5.57 Å². The molecule has 0 saturated carbocycles. The van der Waals surface area contributed by atoms with Gasteiger partial charge >= 0.3 is 0 Å². The van der Waals surface area contributed by atoms with E-state index in [0.29, 0.717) is 0 Å². The van der Waals surface area contributed by atoms with Gasteiger partial charge in [0.2, 0.25) is 0 Å². The van der Waals surface area contributed by atoms with Gasteiger partial charge in [0.25, 0.3) is 0 Å². The molecule has 0 N–H and O–H groups in total. The van der Waals surface area contributed by atoms with Crippen LogP contribution in [0.5, 0.6) is 0 Å². The molecule has 1 heteroatoms. The van der Waals surface area contributed by atoms with E-state index in [1.807, 2.05) is 12.1 Å². The fourth-order valence-corrected chi connectivity index (χ4v) is 2.00. The molecule has 3 rings (SSSR count). The highest BCUT2D eigenvalue weighted by Gasteiger charge is 2.06. The van der Waals surface area contributed by atoms with E-state index >= 15 is 0 Å². The first kappa shape index (κ1) is 8.42. The van der Waals surface area contributed by atoms with Crippen LogP contribution in [0.3, 0.4) is 0 Å². The lowest BCUT2D eigenvalue weighted by Gasteiger charge is -2.00. The summed E-state index contributed by atoms with van der Waals surface area (Å²) in [6, 6.07) is 18.8. The zero-order valence-corrected chi connectivity index (χ0v) is 8.35. The first-order chi connectivity index (χ1) is 7.45. The smallest absolute Gasteiger partial charge is 0.0659 e. The average molecular weight is 193 g/mol. The number of hydrogen-bond acceptors (Lipinski definition) is 1. The van der Waals surface area contributed by atoms with Crippen molar-refractivity contribution in [2.24, 2.45) is 4.99 Å². The van der Waals surface area contributed by atoms with Crippen molar-refractivity contribution in [1.82, 2.24) is 0 Å². The molecule has 1 aliphatic rings. The second-order valence-corrected chi connectivity index (χ2v) is 3.68. The van der Waals surface area contributed by atoms with E-state index in [4.69, 9.17) is 0 Å². The Morgan fingerprint density at radius 1 is 0.800 bits per heavy atom. The fourth-order valence-electron chi connectivity index (χ4n) is 2.00. The van der Waals surface area contributed by atoms with Gasteiger partial charge in [0, 0.05) is 5.22 Å². The molecule has 1 aliphatic heterocycles. The van der Waals surface area contributed by atoms with E-state index in [1.165, 1.54) is 16.4 Å². The molecular weight excluding hydrogens is 182 g/mol. The van der Waals surface area contributed by atoms with Gasteiger partial charge in [-0.05, 0) is 17.2 Å². The molecule has 72 valence electrons. The lowest BCUT2D eigenvalue weighted by molar-refractivity contribution is 1.21. The SMILES string of the molecule is c1ccc(C2=c3ccccc3=NC2)cc1. The van der Waals surface area contributed by atoms with Gasteiger partial charge in [-0.3, -0.25) is 4.99 Å². The molecule has 0 saturated heterocycles. The molecule has 0 unspecified atom stereocenters. The van der Waals surface area contributed by atoms with Crippen LogP contribution in [0.1, 0.15) is 5.56 Å². The highest BCUT2D eigenvalue weighted by Crippen LogP contribution is 2.11. The number of fused-ring (bicyclic) bond motifs is 1. The van der Waals surface area contributed by atoms with Crippen LogP contribution in [-0.4, -0.2) is 6.54 Å². The normalized spacial score (nSPS) is 13.5. The third-order valence-electron chi connectivity index (χ3n) is 2.76. The molecular formula is C14H11N. The third-order valence-corrected chi connectivity index (χ3v) is 2.76. The maximum Gasteiger partial charge on any atom is 0.0659 e. The quantitative estimate of drug-likeness (QED) is 0.651. The monoisotopic (exact) mass is 193 g/mol. The molecule has 0 spiro atoms. The Morgan fingerprint density at radius 3 is 2.40 bits per heavy atom. The standard InChI is InChI=1S/C14H11N/c1-2-6-11(7-3-1)13-10-15-14-9-5-4-8-12(13)14/h1-9H,10H2. The third kappa shape index (κ3) is 1.37. The van der Waals surface area contributed by atoms with Crippen LogP contribution < -0.4 is 10.6 Å². The number of hydrogen-bond donors (Lipinski definition) is 0. The minimum atomic E-state index is 0.809. The molecule has 0 atom stereocenters. The zero-order valence-electron chi connectivity index (χ0n) is 8.35. The molecule has 2 aromatic rings. The summed E-state index contributed by atoms with van der Waals surface area (Å²) in [5, 5.41) is 2.40. The molecule has 0 fully saturated rings. The highest BCUT2D eigenvalue weighted by molar-refractivity contribution is 5.67. The second-order valence-electron chi connectivity index (χ2n) is 3.68. The van der Waals surface area contributed by atoms with E-state index in [1.54, 1.807) is 0 Å². The Labute approximate surface area is 88.4 Å². The number of nitrogens with zero attached hydrogens (tertiary/aromatic N) is 1. The topological polar surface area (TPSA) is 12.4 Å². The van der Waals surface area contributed by atoms with Crippen molar-refractivity contribution in [3.8, 4) is 0 Å². The summed E-state index contributed by atoms with van der Waals surface area (Å²) in [5.41, 5.74) is 2.62. The average Bonchev–Trinajstić information content (AvgIpc) is 2.74. The van der Waals surface area contributed by atoms with Crippen LogP contribution >= 0.6 is 0 Å². The van der Waals surface area contributed by atoms with Crippen molar-refractivity contribution in [2.45, 2.75) is 0 Å². The number of benzene rings is 2. The zero-order chi connectivity index (χ0) is 10.1. The highest BCUT2D eigenvalue weighted by atomic mass is 14.7. The van der Waals surface area contributed by atoms with E-state index < -0.39 is 0 Å². The molecule has 1 heterocycles. The van der Waals surface area contributed by atoms with Gasteiger partial charge in [0.05, 0.1) is 11.9 Å². The van der Waals surface area contributed by atoms with E-state index in [2.05, 4.69) is 47.5 Å². The Bertz CT molecular complexity index is 597. The van der Waals surface area contributed by atoms with Crippen molar-refractivity contribution in [3.63, 3.8) is 0 Å². The van der Waals surface area contributed by atoms with Gasteiger partial charge < -0.3 is 0 Å². The molecule has 0 aliphatic carbocycles. The summed E-state index contributed by atoms with van der Waals surface area (Å²) < 4.78 is 0. The lowest BCUT2D eigenvalue weighted by Crippen LogP contribution is -2.22. The van der Waals surface area contributed by atoms with Crippen molar-refractivity contribution in [3.05, 3.63) is 70.7 Å². The number of para-hydroxylation sites is 1. The molecule has 0 aromatic heterocycles. The molecule has 15 heavy (non-hydrogen) atoms. The van der Waals surface area contributed by atoms with Crippen LogP contribution in [0, 0.1) is 0 Å². The maximum atomic E-state index is 4.52. The predicted molar refractivity (Wildman–Crippen MR) is 61.0 cm³/mol. The van der Waals surface area contributed by atoms with Crippen molar-refractivity contribution >= 4 is 5.57 Å². The predicted octanol–water partition coefficient (Wildman–Crippen LogP) is 1.52. The van der Waals surface area contributed by atoms with Crippen molar-refractivity contribution in [1.29, 1.82) is 0 Å². The van der Waals surface area contributed by atoms with Crippen molar-refractivity contribution < 1.29 is 0 Å². The summed E-state index contributed by atoms with van der Waals surface area (Å²) in [4.78, 5) is 4.52. The second kappa shape index (κ2) is 3.35. The minimum Gasteiger partial charge on any atom is -0.280 e. The van der Waals surface area contributed by atoms with E-state index in [-0.39, 0.29) is 0 Å². The largest absolute Gasteiger partial charge is 0.280 e. The van der Waals surface area contributed by atoms with Crippen molar-refractivity contribution in [2.75, 3.05) is 6.54 Å². The fraction of sp³-hybridized carbons (Fsp3) is 0.0714. The lowest BCUT2D eigenvalue weighted by atomic mass is 10.0. The Morgan fingerprint density at radius 2 is 1.53 bits per heavy atom. The van der Waals surface area contributed by atoms with Crippen LogP contribution in [0.2, 0.25) is 0 Å². The summed E-state index contributed by atoms with van der Waals surface area (Å²) in [7, 11) is 0. The molecule has 1 nitrogen and oxygen atoms in total. The van der Waals surface area contributed by atoms with Gasteiger partial charge in [0.1, 0.15) is 0 Å². The Balaban J connectivity index is 2.31. The molecule has 0 radical (unpaired) electrons. The summed E-state index contributed by atoms with van der Waals surface area (Å²) >= 11 is 0. The summed E-state index contributed by atoms with van der Waals surface area (Å²) in [5.74, 6) is 0. The molecule has 0 amide bonds. The van der Waals surface area contributed by atoms with Crippen LogP contribution in [0.15, 0.2) is 59.6 Å². The van der Waals surface area contributed by atoms with E-state index in [9.17, 15) is 0 Å². The van der Waals surface area contributed by atoms with Crippen LogP contribution in [0.4, 0.5) is 0 Å². The first-order valence-electron chi connectivity index (χ1n) is 5.13. The van der Waals surface area contributed by atoms with Gasteiger partial charge in [-0.15, -0.1) is 0 Å². The van der Waals surface area contributed by atoms with Gasteiger partial charge in [-0.1, -0.05) is 48.5 Å².